The second-order valence-corrected chi connectivity index (χ2v) is 5.21. The van der Waals surface area contributed by atoms with Gasteiger partial charge in [0.1, 0.15) is 0 Å². The van der Waals surface area contributed by atoms with Gasteiger partial charge in [-0.25, -0.2) is 0 Å². The Hall–Kier alpha value is -0.640. The molecule has 0 saturated carbocycles. The van der Waals surface area contributed by atoms with Gasteiger partial charge < -0.3 is 11.1 Å². The van der Waals surface area contributed by atoms with Crippen LogP contribution in [0.25, 0.3) is 0 Å². The largest absolute Gasteiger partial charge is 0.370 e. The van der Waals surface area contributed by atoms with Crippen molar-refractivity contribution in [1.82, 2.24) is 0 Å². The van der Waals surface area contributed by atoms with Gasteiger partial charge in [-0.3, -0.25) is 4.99 Å². The molecule has 0 aliphatic carbocycles. The van der Waals surface area contributed by atoms with Crippen molar-refractivity contribution in [3.05, 3.63) is 27.2 Å². The highest BCUT2D eigenvalue weighted by atomic mass is 35.5. The minimum absolute atomic E-state index is 0.305. The number of hydrogen-bond acceptors (Lipinski definition) is 1. The van der Waals surface area contributed by atoms with Crippen LogP contribution in [0.15, 0.2) is 17.1 Å². The smallest absolute Gasteiger partial charge is 0.193 e. The quantitative estimate of drug-likeness (QED) is 0.502. The molecule has 0 aliphatic heterocycles. The summed E-state index contributed by atoms with van der Waals surface area (Å²) in [5.74, 6) is 0.749. The van der Waals surface area contributed by atoms with Crippen LogP contribution in [-0.2, 0) is 0 Å². The lowest BCUT2D eigenvalue weighted by molar-refractivity contribution is 0.665. The first-order valence-corrected chi connectivity index (χ1v) is 6.25. The number of aliphatic imine (C=N–C) groups is 1. The summed E-state index contributed by atoms with van der Waals surface area (Å²) in [6.45, 7) is 4.77. The number of nitrogens with zero attached hydrogens (tertiary/aromatic N) is 1. The van der Waals surface area contributed by atoms with Crippen LogP contribution in [-0.4, -0.2) is 12.5 Å². The lowest BCUT2D eigenvalue weighted by Crippen LogP contribution is -2.23. The lowest BCUT2D eigenvalue weighted by Gasteiger charge is -2.09. The molecule has 3 N–H and O–H groups in total. The van der Waals surface area contributed by atoms with Crippen molar-refractivity contribution >= 4 is 46.4 Å². The summed E-state index contributed by atoms with van der Waals surface area (Å²) in [4.78, 5) is 4.16. The van der Waals surface area contributed by atoms with Gasteiger partial charge in [-0.2, -0.15) is 0 Å². The van der Waals surface area contributed by atoms with Crippen LogP contribution in [0.2, 0.25) is 15.1 Å². The Labute approximate surface area is 116 Å². The monoisotopic (exact) mass is 293 g/mol. The molecule has 0 heterocycles. The number of benzene rings is 1. The molecule has 0 spiro atoms. The third-order valence-electron chi connectivity index (χ3n) is 1.90. The fraction of sp³-hybridized carbons (Fsp3) is 0.364. The summed E-state index contributed by atoms with van der Waals surface area (Å²) in [6, 6.07) is 3.17. The fourth-order valence-corrected chi connectivity index (χ4v) is 1.67. The molecule has 0 aromatic heterocycles. The van der Waals surface area contributed by atoms with Crippen molar-refractivity contribution in [3.8, 4) is 0 Å². The zero-order valence-corrected chi connectivity index (χ0v) is 11.9. The number of anilines is 1. The van der Waals surface area contributed by atoms with E-state index in [1.54, 1.807) is 12.1 Å². The first kappa shape index (κ1) is 14.4. The molecular weight excluding hydrogens is 281 g/mol. The minimum atomic E-state index is 0.305. The Morgan fingerprint density at radius 2 is 1.82 bits per heavy atom. The Kier molecular flexibility index (Phi) is 5.37. The highest BCUT2D eigenvalue weighted by Crippen LogP contribution is 2.32. The summed E-state index contributed by atoms with van der Waals surface area (Å²) >= 11 is 17.7. The van der Waals surface area contributed by atoms with E-state index in [1.807, 2.05) is 0 Å². The predicted octanol–water partition coefficient (Wildman–Crippen LogP) is 4.03. The third kappa shape index (κ3) is 4.62. The van der Waals surface area contributed by atoms with Crippen molar-refractivity contribution in [2.75, 3.05) is 11.9 Å². The molecule has 0 atom stereocenters. The van der Waals surface area contributed by atoms with E-state index < -0.39 is 0 Å². The van der Waals surface area contributed by atoms with E-state index in [1.165, 1.54) is 0 Å². The summed E-state index contributed by atoms with van der Waals surface area (Å²) in [6.07, 6.45) is 0. The highest BCUT2D eigenvalue weighted by molar-refractivity contribution is 6.44. The molecule has 0 amide bonds. The van der Waals surface area contributed by atoms with Crippen molar-refractivity contribution < 1.29 is 0 Å². The Morgan fingerprint density at radius 1 is 1.24 bits per heavy atom. The zero-order valence-electron chi connectivity index (χ0n) is 9.60. The second kappa shape index (κ2) is 6.34. The van der Waals surface area contributed by atoms with Crippen LogP contribution in [0, 0.1) is 5.92 Å². The average Bonchev–Trinajstić information content (AvgIpc) is 2.23. The second-order valence-electron chi connectivity index (χ2n) is 3.99. The van der Waals surface area contributed by atoms with Crippen LogP contribution in [0.5, 0.6) is 0 Å². The molecule has 0 bridgehead atoms. The molecule has 1 aromatic carbocycles. The van der Waals surface area contributed by atoms with Gasteiger partial charge in [0.2, 0.25) is 0 Å². The van der Waals surface area contributed by atoms with E-state index in [-0.39, 0.29) is 0 Å². The molecule has 17 heavy (non-hydrogen) atoms. The minimum Gasteiger partial charge on any atom is -0.370 e. The van der Waals surface area contributed by atoms with Gasteiger partial charge in [0.15, 0.2) is 5.96 Å². The summed E-state index contributed by atoms with van der Waals surface area (Å²) in [5, 5.41) is 4.15. The SMILES string of the molecule is CC(C)CN=C(N)Nc1cc(Cl)c(Cl)cc1Cl. The molecule has 0 unspecified atom stereocenters. The molecule has 0 saturated heterocycles. The fourth-order valence-electron chi connectivity index (χ4n) is 1.08. The number of hydrogen-bond donors (Lipinski definition) is 2. The van der Waals surface area contributed by atoms with Gasteiger partial charge in [-0.05, 0) is 18.1 Å². The maximum Gasteiger partial charge on any atom is 0.193 e. The van der Waals surface area contributed by atoms with Crippen LogP contribution in [0.4, 0.5) is 5.69 Å². The van der Waals surface area contributed by atoms with Gasteiger partial charge in [0.05, 0.1) is 20.8 Å². The Morgan fingerprint density at radius 3 is 2.41 bits per heavy atom. The highest BCUT2D eigenvalue weighted by Gasteiger charge is 2.06. The summed E-state index contributed by atoms with van der Waals surface area (Å²) < 4.78 is 0. The van der Waals surface area contributed by atoms with E-state index in [0.717, 1.165) is 0 Å². The van der Waals surface area contributed by atoms with E-state index in [4.69, 9.17) is 40.5 Å². The maximum absolute atomic E-state index is 5.99. The standard InChI is InChI=1S/C11H14Cl3N3/c1-6(2)5-16-11(15)17-10-4-8(13)7(12)3-9(10)14/h3-4,6H,5H2,1-2H3,(H3,15,16,17). The molecule has 94 valence electrons. The topological polar surface area (TPSA) is 50.4 Å². The zero-order chi connectivity index (χ0) is 13.0. The first-order chi connectivity index (χ1) is 7.90. The molecule has 1 aromatic rings. The Balaban J connectivity index is 2.81. The lowest BCUT2D eigenvalue weighted by atomic mass is 10.2. The van der Waals surface area contributed by atoms with Gasteiger partial charge in [-0.15, -0.1) is 0 Å². The summed E-state index contributed by atoms with van der Waals surface area (Å²) in [5.41, 5.74) is 6.30. The molecule has 0 fully saturated rings. The predicted molar refractivity (Wildman–Crippen MR) is 76.4 cm³/mol. The third-order valence-corrected chi connectivity index (χ3v) is 2.93. The van der Waals surface area contributed by atoms with Crippen LogP contribution in [0.1, 0.15) is 13.8 Å². The molecule has 0 radical (unpaired) electrons. The molecular formula is C11H14Cl3N3. The van der Waals surface area contributed by atoms with E-state index in [9.17, 15) is 0 Å². The van der Waals surface area contributed by atoms with Crippen molar-refractivity contribution in [2.24, 2.45) is 16.6 Å². The van der Waals surface area contributed by atoms with Gasteiger partial charge in [-0.1, -0.05) is 48.7 Å². The van der Waals surface area contributed by atoms with Gasteiger partial charge >= 0.3 is 0 Å². The molecule has 0 aliphatic rings. The number of halogens is 3. The number of guanidine groups is 1. The first-order valence-electron chi connectivity index (χ1n) is 5.11. The molecule has 6 heteroatoms. The molecule has 3 nitrogen and oxygen atoms in total. The van der Waals surface area contributed by atoms with Crippen LogP contribution < -0.4 is 11.1 Å². The van der Waals surface area contributed by atoms with Crippen molar-refractivity contribution in [3.63, 3.8) is 0 Å². The van der Waals surface area contributed by atoms with Crippen LogP contribution in [0.3, 0.4) is 0 Å². The van der Waals surface area contributed by atoms with E-state index >= 15 is 0 Å². The normalized spacial score (nSPS) is 12.0. The number of nitrogens with one attached hydrogen (secondary N) is 1. The van der Waals surface area contributed by atoms with Crippen LogP contribution >= 0.6 is 34.8 Å². The van der Waals surface area contributed by atoms with Gasteiger partial charge in [0, 0.05) is 6.54 Å². The van der Waals surface area contributed by atoms with E-state index in [0.29, 0.717) is 39.2 Å². The number of rotatable bonds is 3. The molecule has 1 rings (SSSR count). The Bertz CT molecular complexity index is 430. The van der Waals surface area contributed by atoms with E-state index in [2.05, 4.69) is 24.2 Å². The number of nitrogens with two attached hydrogens (primary N) is 1. The average molecular weight is 295 g/mol. The van der Waals surface area contributed by atoms with Crippen molar-refractivity contribution in [1.29, 1.82) is 0 Å². The van der Waals surface area contributed by atoms with Gasteiger partial charge in [0.25, 0.3) is 0 Å². The van der Waals surface area contributed by atoms with Crippen molar-refractivity contribution in [2.45, 2.75) is 13.8 Å². The maximum atomic E-state index is 5.99. The summed E-state index contributed by atoms with van der Waals surface area (Å²) in [7, 11) is 0.